The van der Waals surface area contributed by atoms with Gasteiger partial charge in [-0.2, -0.15) is 0 Å². The largest absolute Gasteiger partial charge is 0.481 e. The summed E-state index contributed by atoms with van der Waals surface area (Å²) in [5.41, 5.74) is 1.79. The molecule has 6 heteroatoms. The number of aryl methyl sites for hydroxylation is 1. The van der Waals surface area contributed by atoms with Crippen LogP contribution in [0.25, 0.3) is 11.1 Å². The first kappa shape index (κ1) is 16.6. The molecule has 1 aromatic carbocycles. The molecule has 4 nitrogen and oxygen atoms in total. The summed E-state index contributed by atoms with van der Waals surface area (Å²) in [5, 5.41) is 12.0. The molecule has 0 unspecified atom stereocenters. The van der Waals surface area contributed by atoms with Gasteiger partial charge in [0.2, 0.25) is 0 Å². The van der Waals surface area contributed by atoms with Crippen molar-refractivity contribution in [3.63, 3.8) is 0 Å². The number of hydrogen-bond donors (Lipinski definition) is 2. The molecule has 2 atom stereocenters. The summed E-state index contributed by atoms with van der Waals surface area (Å²) >= 11 is 1.39. The van der Waals surface area contributed by atoms with Crippen LogP contribution in [-0.2, 0) is 4.79 Å². The van der Waals surface area contributed by atoms with Crippen molar-refractivity contribution >= 4 is 23.2 Å². The highest BCUT2D eigenvalue weighted by Crippen LogP contribution is 2.32. The summed E-state index contributed by atoms with van der Waals surface area (Å²) in [6.45, 7) is 1.93. The van der Waals surface area contributed by atoms with Gasteiger partial charge in [-0.1, -0.05) is 12.1 Å². The van der Waals surface area contributed by atoms with Gasteiger partial charge in [0.1, 0.15) is 5.82 Å². The molecule has 1 aliphatic carbocycles. The maximum absolute atomic E-state index is 13.0. The average molecular weight is 347 g/mol. The monoisotopic (exact) mass is 347 g/mol. The summed E-state index contributed by atoms with van der Waals surface area (Å²) in [7, 11) is 0. The van der Waals surface area contributed by atoms with E-state index in [-0.39, 0.29) is 23.7 Å². The third-order valence-electron chi connectivity index (χ3n) is 4.41. The fourth-order valence-corrected chi connectivity index (χ4v) is 4.05. The van der Waals surface area contributed by atoms with Crippen molar-refractivity contribution in [3.05, 3.63) is 45.9 Å². The molecule has 1 heterocycles. The Bertz CT molecular complexity index is 769. The van der Waals surface area contributed by atoms with Crippen LogP contribution < -0.4 is 5.32 Å². The van der Waals surface area contributed by atoms with E-state index in [1.165, 1.54) is 23.5 Å². The molecule has 1 aliphatic rings. The number of carbonyl (C=O) groups is 2. The molecule has 0 spiro atoms. The van der Waals surface area contributed by atoms with Crippen LogP contribution in [0.1, 0.15) is 33.8 Å². The van der Waals surface area contributed by atoms with Crippen LogP contribution in [0.4, 0.5) is 4.39 Å². The van der Waals surface area contributed by atoms with E-state index in [0.717, 1.165) is 16.0 Å². The molecule has 0 aliphatic heterocycles. The van der Waals surface area contributed by atoms with Gasteiger partial charge in [0.15, 0.2) is 0 Å². The van der Waals surface area contributed by atoms with Crippen molar-refractivity contribution < 1.29 is 19.1 Å². The number of nitrogens with one attached hydrogen (secondary N) is 1. The first-order chi connectivity index (χ1) is 11.4. The second-order valence-corrected chi connectivity index (χ2v) is 7.36. The van der Waals surface area contributed by atoms with Crippen LogP contribution in [0.3, 0.4) is 0 Å². The number of halogens is 1. The van der Waals surface area contributed by atoms with Crippen molar-refractivity contribution in [1.29, 1.82) is 0 Å². The van der Waals surface area contributed by atoms with Gasteiger partial charge in [-0.3, -0.25) is 9.59 Å². The molecular formula is C18H18FNO3S. The predicted molar refractivity (Wildman–Crippen MR) is 90.7 cm³/mol. The van der Waals surface area contributed by atoms with Crippen LogP contribution >= 0.6 is 11.3 Å². The van der Waals surface area contributed by atoms with E-state index in [9.17, 15) is 14.0 Å². The second kappa shape index (κ2) is 6.73. The standard InChI is InChI=1S/C18H18FNO3S/c1-10-15(11-2-5-13(19)6-3-11)9-16(24-10)17(21)20-14-7-4-12(8-14)18(22)23/h2-3,5-6,9,12,14H,4,7-8H2,1H3,(H,20,21)(H,22,23)/t12-,14+/m0/s1. The van der Waals surface area contributed by atoms with E-state index in [1.54, 1.807) is 12.1 Å². The third-order valence-corrected chi connectivity index (χ3v) is 5.46. The zero-order valence-corrected chi connectivity index (χ0v) is 14.0. The van der Waals surface area contributed by atoms with Gasteiger partial charge >= 0.3 is 5.97 Å². The molecule has 0 saturated heterocycles. The molecule has 1 aromatic heterocycles. The van der Waals surface area contributed by atoms with Crippen LogP contribution in [0.15, 0.2) is 30.3 Å². The van der Waals surface area contributed by atoms with Crippen molar-refractivity contribution in [3.8, 4) is 11.1 Å². The summed E-state index contributed by atoms with van der Waals surface area (Å²) in [6, 6.07) is 7.91. The lowest BCUT2D eigenvalue weighted by Crippen LogP contribution is -2.32. The lowest BCUT2D eigenvalue weighted by atomic mass is 10.1. The minimum absolute atomic E-state index is 0.0877. The van der Waals surface area contributed by atoms with Crippen molar-refractivity contribution in [1.82, 2.24) is 5.32 Å². The molecule has 2 N–H and O–H groups in total. The highest BCUT2D eigenvalue weighted by molar-refractivity contribution is 7.14. The van der Waals surface area contributed by atoms with Gasteiger partial charge in [0.25, 0.3) is 5.91 Å². The minimum Gasteiger partial charge on any atom is -0.481 e. The number of rotatable bonds is 4. The second-order valence-electron chi connectivity index (χ2n) is 6.11. The lowest BCUT2D eigenvalue weighted by Gasteiger charge is -2.11. The van der Waals surface area contributed by atoms with Crippen molar-refractivity contribution in [2.45, 2.75) is 32.2 Å². The highest BCUT2D eigenvalue weighted by Gasteiger charge is 2.31. The summed E-state index contributed by atoms with van der Waals surface area (Å²) in [6.07, 6.45) is 1.78. The molecule has 0 radical (unpaired) electrons. The van der Waals surface area contributed by atoms with E-state index in [1.807, 2.05) is 13.0 Å². The van der Waals surface area contributed by atoms with E-state index >= 15 is 0 Å². The zero-order valence-electron chi connectivity index (χ0n) is 13.2. The van der Waals surface area contributed by atoms with E-state index in [2.05, 4.69) is 5.32 Å². The van der Waals surface area contributed by atoms with E-state index < -0.39 is 5.97 Å². The fraction of sp³-hybridized carbons (Fsp3) is 0.333. The first-order valence-electron chi connectivity index (χ1n) is 7.84. The number of aliphatic carboxylic acids is 1. The maximum Gasteiger partial charge on any atom is 0.306 e. The fourth-order valence-electron chi connectivity index (χ4n) is 3.10. The SMILES string of the molecule is Cc1sc(C(=O)N[C@@H]2CC[C@H](C(=O)O)C2)cc1-c1ccc(F)cc1. The molecule has 3 rings (SSSR count). The van der Waals surface area contributed by atoms with E-state index in [0.29, 0.717) is 24.1 Å². The highest BCUT2D eigenvalue weighted by atomic mass is 32.1. The number of benzene rings is 1. The molecule has 2 aromatic rings. The van der Waals surface area contributed by atoms with Gasteiger partial charge in [-0.05, 0) is 55.5 Å². The van der Waals surface area contributed by atoms with Crippen LogP contribution in [0.5, 0.6) is 0 Å². The van der Waals surface area contributed by atoms with Crippen LogP contribution in [0, 0.1) is 18.7 Å². The number of carbonyl (C=O) groups excluding carboxylic acids is 1. The Morgan fingerprint density at radius 2 is 1.96 bits per heavy atom. The number of thiophene rings is 1. The lowest BCUT2D eigenvalue weighted by molar-refractivity contribution is -0.141. The summed E-state index contributed by atoms with van der Waals surface area (Å²) in [4.78, 5) is 25.0. The number of carboxylic acids is 1. The minimum atomic E-state index is -0.794. The quantitative estimate of drug-likeness (QED) is 0.883. The summed E-state index contributed by atoms with van der Waals surface area (Å²) < 4.78 is 13.0. The average Bonchev–Trinajstić information content (AvgIpc) is 3.15. The zero-order chi connectivity index (χ0) is 17.3. The molecular weight excluding hydrogens is 329 g/mol. The van der Waals surface area contributed by atoms with Crippen molar-refractivity contribution in [2.24, 2.45) is 5.92 Å². The molecule has 1 saturated carbocycles. The van der Waals surface area contributed by atoms with Crippen LogP contribution in [0.2, 0.25) is 0 Å². The molecule has 24 heavy (non-hydrogen) atoms. The number of hydrogen-bond acceptors (Lipinski definition) is 3. The van der Waals surface area contributed by atoms with Crippen molar-refractivity contribution in [2.75, 3.05) is 0 Å². The number of amides is 1. The topological polar surface area (TPSA) is 66.4 Å². The molecule has 0 bridgehead atoms. The smallest absolute Gasteiger partial charge is 0.306 e. The third kappa shape index (κ3) is 3.48. The Morgan fingerprint density at radius 1 is 1.25 bits per heavy atom. The van der Waals surface area contributed by atoms with Gasteiger partial charge in [-0.15, -0.1) is 11.3 Å². The molecule has 1 amide bonds. The Hall–Kier alpha value is -2.21. The van der Waals surface area contributed by atoms with Crippen LogP contribution in [-0.4, -0.2) is 23.0 Å². The first-order valence-corrected chi connectivity index (χ1v) is 8.65. The van der Waals surface area contributed by atoms with Gasteiger partial charge in [0, 0.05) is 10.9 Å². The molecule has 126 valence electrons. The van der Waals surface area contributed by atoms with Gasteiger partial charge < -0.3 is 10.4 Å². The Balaban J connectivity index is 1.71. The predicted octanol–water partition coefficient (Wildman–Crippen LogP) is 3.85. The molecule has 1 fully saturated rings. The number of carboxylic acid groups (broad SMARTS) is 1. The van der Waals surface area contributed by atoms with E-state index in [4.69, 9.17) is 5.11 Å². The maximum atomic E-state index is 13.0. The Morgan fingerprint density at radius 3 is 2.58 bits per heavy atom. The summed E-state index contributed by atoms with van der Waals surface area (Å²) in [5.74, 6) is -1.63. The van der Waals surface area contributed by atoms with Gasteiger partial charge in [0.05, 0.1) is 10.8 Å². The normalized spacial score (nSPS) is 20.1. The Kier molecular flexibility index (Phi) is 4.66. The van der Waals surface area contributed by atoms with Gasteiger partial charge in [-0.25, -0.2) is 4.39 Å². The Labute approximate surface area is 143 Å².